The highest BCUT2D eigenvalue weighted by molar-refractivity contribution is 7.89. The minimum Gasteiger partial charge on any atom is -0.379 e. The van der Waals surface area contributed by atoms with Crippen LogP contribution < -0.4 is 5.32 Å². The predicted octanol–water partition coefficient (Wildman–Crippen LogP) is 0.247. The number of nitrogens with one attached hydrogen (secondary N) is 1. The van der Waals surface area contributed by atoms with E-state index in [1.807, 2.05) is 13.8 Å². The van der Waals surface area contributed by atoms with Crippen molar-refractivity contribution in [2.24, 2.45) is 5.92 Å². The third-order valence-electron chi connectivity index (χ3n) is 4.31. The molecule has 1 aromatic heterocycles. The zero-order valence-corrected chi connectivity index (χ0v) is 15.4. The van der Waals surface area contributed by atoms with Crippen molar-refractivity contribution in [2.45, 2.75) is 32.7 Å². The Balaban J connectivity index is 1.88. The summed E-state index contributed by atoms with van der Waals surface area (Å²) in [5.74, 6) is 0.326. The summed E-state index contributed by atoms with van der Waals surface area (Å²) in [5.41, 5.74) is 1.74. The molecule has 1 aliphatic heterocycles. The molecule has 0 bridgehead atoms. The summed E-state index contributed by atoms with van der Waals surface area (Å²) < 4.78 is 35.7. The number of hydrogen-bond acceptors (Lipinski definition) is 6. The van der Waals surface area contributed by atoms with Gasteiger partial charge in [-0.2, -0.15) is 0 Å². The maximum atomic E-state index is 12.2. The van der Waals surface area contributed by atoms with Crippen LogP contribution in [0, 0.1) is 19.8 Å². The number of ether oxygens (including phenoxy) is 1. The van der Waals surface area contributed by atoms with Gasteiger partial charge in [-0.3, -0.25) is 4.79 Å². The first-order chi connectivity index (χ1) is 11.2. The molecule has 0 aliphatic carbocycles. The third kappa shape index (κ3) is 4.55. The van der Waals surface area contributed by atoms with E-state index in [1.165, 1.54) is 18.4 Å². The lowest BCUT2D eigenvalue weighted by Gasteiger charge is -2.21. The summed E-state index contributed by atoms with van der Waals surface area (Å²) in [7, 11) is -0.323. The molecule has 1 aromatic rings. The van der Waals surface area contributed by atoms with Crippen molar-refractivity contribution in [1.82, 2.24) is 14.8 Å². The van der Waals surface area contributed by atoms with Gasteiger partial charge in [0.05, 0.1) is 30.7 Å². The monoisotopic (exact) mass is 359 g/mol. The van der Waals surface area contributed by atoms with Crippen LogP contribution in [0.4, 0.5) is 0 Å². The zero-order valence-electron chi connectivity index (χ0n) is 14.5. The normalized spacial score (nSPS) is 21.4. The van der Waals surface area contributed by atoms with Gasteiger partial charge in [0.2, 0.25) is 15.9 Å². The number of sulfonamides is 1. The molecule has 0 radical (unpaired) electrons. The van der Waals surface area contributed by atoms with E-state index in [2.05, 4.69) is 10.5 Å². The molecule has 1 saturated heterocycles. The predicted molar refractivity (Wildman–Crippen MR) is 88.0 cm³/mol. The Hall–Kier alpha value is -1.45. The smallest absolute Gasteiger partial charge is 0.220 e. The van der Waals surface area contributed by atoms with Crippen LogP contribution in [0.15, 0.2) is 4.52 Å². The zero-order chi connectivity index (χ0) is 17.9. The van der Waals surface area contributed by atoms with Crippen LogP contribution in [-0.4, -0.2) is 62.9 Å². The summed E-state index contributed by atoms with van der Waals surface area (Å²) >= 11 is 0. The summed E-state index contributed by atoms with van der Waals surface area (Å²) in [4.78, 5) is 12.2. The number of nitrogens with zero attached hydrogens (tertiary/aromatic N) is 2. The molecule has 0 spiro atoms. The highest BCUT2D eigenvalue weighted by atomic mass is 32.2. The molecule has 0 unspecified atom stereocenters. The van der Waals surface area contributed by atoms with Crippen molar-refractivity contribution in [2.75, 3.05) is 33.1 Å². The van der Waals surface area contributed by atoms with E-state index in [4.69, 9.17) is 9.26 Å². The van der Waals surface area contributed by atoms with Crippen LogP contribution in [0.25, 0.3) is 0 Å². The number of carbonyl (C=O) groups excluding carboxylic acids is 1. The Morgan fingerprint density at radius 2 is 2.04 bits per heavy atom. The van der Waals surface area contributed by atoms with Gasteiger partial charge in [0.25, 0.3) is 0 Å². The molecular formula is C15H25N3O5S. The number of carbonyl (C=O) groups is 1. The minimum atomic E-state index is -3.33. The summed E-state index contributed by atoms with van der Waals surface area (Å²) in [5, 5.41) is 6.76. The van der Waals surface area contributed by atoms with E-state index in [0.717, 1.165) is 17.0 Å². The Bertz CT molecular complexity index is 664. The number of amides is 1. The lowest BCUT2D eigenvalue weighted by Crippen LogP contribution is -2.43. The quantitative estimate of drug-likeness (QED) is 0.749. The first-order valence-corrected chi connectivity index (χ1v) is 9.50. The van der Waals surface area contributed by atoms with Crippen LogP contribution in [0.5, 0.6) is 0 Å². The van der Waals surface area contributed by atoms with Crippen LogP contribution >= 0.6 is 0 Å². The molecule has 0 saturated carbocycles. The van der Waals surface area contributed by atoms with Crippen LogP contribution in [0.2, 0.25) is 0 Å². The molecular weight excluding hydrogens is 334 g/mol. The molecule has 1 fully saturated rings. The highest BCUT2D eigenvalue weighted by Gasteiger charge is 2.34. The van der Waals surface area contributed by atoms with Crippen molar-refractivity contribution in [3.63, 3.8) is 0 Å². The van der Waals surface area contributed by atoms with Gasteiger partial charge in [-0.15, -0.1) is 0 Å². The minimum absolute atomic E-state index is 0.0329. The Labute approximate surface area is 142 Å². The molecule has 9 heteroatoms. The van der Waals surface area contributed by atoms with Gasteiger partial charge in [0.15, 0.2) is 0 Å². The Morgan fingerprint density at radius 1 is 1.33 bits per heavy atom. The lowest BCUT2D eigenvalue weighted by atomic mass is 10.0. The fraction of sp³-hybridized carbons (Fsp3) is 0.733. The van der Waals surface area contributed by atoms with Gasteiger partial charge < -0.3 is 14.6 Å². The van der Waals surface area contributed by atoms with Crippen molar-refractivity contribution in [1.29, 1.82) is 0 Å². The van der Waals surface area contributed by atoms with E-state index in [1.54, 1.807) is 0 Å². The van der Waals surface area contributed by atoms with E-state index in [9.17, 15) is 13.2 Å². The summed E-state index contributed by atoms with van der Waals surface area (Å²) in [6.45, 7) is 4.34. The molecule has 2 rings (SSSR count). The van der Waals surface area contributed by atoms with Crippen LogP contribution in [0.1, 0.15) is 23.4 Å². The van der Waals surface area contributed by atoms with Crippen molar-refractivity contribution >= 4 is 15.9 Å². The van der Waals surface area contributed by atoms with Crippen LogP contribution in [-0.2, 0) is 26.0 Å². The van der Waals surface area contributed by atoms with E-state index in [-0.39, 0.29) is 23.6 Å². The number of rotatable bonds is 7. The maximum Gasteiger partial charge on any atom is 0.220 e. The fourth-order valence-corrected chi connectivity index (χ4v) is 3.89. The number of aryl methyl sites for hydroxylation is 2. The second-order valence-corrected chi connectivity index (χ2v) is 8.56. The Kier molecular flexibility index (Phi) is 6.00. The largest absolute Gasteiger partial charge is 0.379 e. The van der Waals surface area contributed by atoms with Crippen molar-refractivity contribution < 1.29 is 22.5 Å². The number of aromatic nitrogens is 1. The summed E-state index contributed by atoms with van der Waals surface area (Å²) in [6.07, 6.45) is 0.841. The van der Waals surface area contributed by atoms with Gasteiger partial charge in [0, 0.05) is 32.0 Å². The molecule has 2 atom stereocenters. The maximum absolute atomic E-state index is 12.2. The standard InChI is InChI=1S/C15H25N3O5S/c1-10-13(11(2)23-17-10)5-6-15(19)16-14-8-22-7-12(14)9-24(20,21)18(3)4/h12,14H,5-9H2,1-4H3,(H,16,19)/t12-,14+/m0/s1. The molecule has 8 nitrogen and oxygen atoms in total. The van der Waals surface area contributed by atoms with E-state index >= 15 is 0 Å². The molecule has 136 valence electrons. The average Bonchev–Trinajstić information content (AvgIpc) is 3.04. The second kappa shape index (κ2) is 7.62. The Morgan fingerprint density at radius 3 is 2.62 bits per heavy atom. The van der Waals surface area contributed by atoms with Crippen molar-refractivity contribution in [3.05, 3.63) is 17.0 Å². The average molecular weight is 359 g/mol. The van der Waals surface area contributed by atoms with Gasteiger partial charge in [0.1, 0.15) is 5.76 Å². The number of hydrogen-bond donors (Lipinski definition) is 1. The molecule has 1 aliphatic rings. The highest BCUT2D eigenvalue weighted by Crippen LogP contribution is 2.18. The van der Waals surface area contributed by atoms with E-state index < -0.39 is 10.0 Å². The SMILES string of the molecule is Cc1noc(C)c1CCC(=O)N[C@@H]1COC[C@H]1CS(=O)(=O)N(C)C. The van der Waals surface area contributed by atoms with Gasteiger partial charge in [-0.1, -0.05) is 5.16 Å². The topological polar surface area (TPSA) is 102 Å². The van der Waals surface area contributed by atoms with Crippen LogP contribution in [0.3, 0.4) is 0 Å². The molecule has 1 N–H and O–H groups in total. The molecule has 24 heavy (non-hydrogen) atoms. The lowest BCUT2D eigenvalue weighted by molar-refractivity contribution is -0.121. The molecule has 2 heterocycles. The van der Waals surface area contributed by atoms with Gasteiger partial charge >= 0.3 is 0 Å². The summed E-state index contributed by atoms with van der Waals surface area (Å²) in [6, 6.07) is -0.281. The van der Waals surface area contributed by atoms with E-state index in [0.29, 0.717) is 26.1 Å². The van der Waals surface area contributed by atoms with Crippen molar-refractivity contribution in [3.8, 4) is 0 Å². The second-order valence-electron chi connectivity index (χ2n) is 6.34. The third-order valence-corrected chi connectivity index (χ3v) is 6.27. The first-order valence-electron chi connectivity index (χ1n) is 7.89. The van der Waals surface area contributed by atoms with Gasteiger partial charge in [-0.05, 0) is 20.3 Å². The molecule has 1 amide bonds. The fourth-order valence-electron chi connectivity index (χ4n) is 2.72. The first kappa shape index (κ1) is 18.9. The molecule has 0 aromatic carbocycles. The van der Waals surface area contributed by atoms with Gasteiger partial charge in [-0.25, -0.2) is 12.7 Å².